The van der Waals surface area contributed by atoms with Crippen molar-refractivity contribution >= 4 is 17.5 Å². The summed E-state index contributed by atoms with van der Waals surface area (Å²) >= 11 is 6.21. The molecule has 0 saturated carbocycles. The van der Waals surface area contributed by atoms with Crippen LogP contribution in [0.4, 0.5) is 0 Å². The lowest BCUT2D eigenvalue weighted by molar-refractivity contribution is -0.133. The van der Waals surface area contributed by atoms with E-state index in [1.54, 1.807) is 7.11 Å². The number of benzene rings is 2. The fourth-order valence-electron chi connectivity index (χ4n) is 3.58. The SMILES string of the molecule is COCCN1CCN(C(=O)CC(c2ccccc2)c2cccc(Cl)c2)CC1. The fourth-order valence-corrected chi connectivity index (χ4v) is 3.78. The second-order valence-electron chi connectivity index (χ2n) is 6.94. The zero-order valence-electron chi connectivity index (χ0n) is 15.8. The first-order valence-corrected chi connectivity index (χ1v) is 9.84. The van der Waals surface area contributed by atoms with Crippen LogP contribution in [0, 0.1) is 0 Å². The first-order chi connectivity index (χ1) is 13.2. The van der Waals surface area contributed by atoms with Gasteiger partial charge in [0.05, 0.1) is 6.61 Å². The van der Waals surface area contributed by atoms with Crippen molar-refractivity contribution in [1.82, 2.24) is 9.80 Å². The Kier molecular flexibility index (Phi) is 7.27. The van der Waals surface area contributed by atoms with Crippen molar-refractivity contribution in [2.24, 2.45) is 0 Å². The number of carbonyl (C=O) groups is 1. The van der Waals surface area contributed by atoms with Gasteiger partial charge < -0.3 is 9.64 Å². The van der Waals surface area contributed by atoms with Crippen molar-refractivity contribution in [3.63, 3.8) is 0 Å². The molecule has 0 aliphatic carbocycles. The van der Waals surface area contributed by atoms with Crippen LogP contribution in [0.2, 0.25) is 5.02 Å². The second-order valence-corrected chi connectivity index (χ2v) is 7.37. The van der Waals surface area contributed by atoms with Gasteiger partial charge in [-0.2, -0.15) is 0 Å². The molecule has 27 heavy (non-hydrogen) atoms. The van der Waals surface area contributed by atoms with Gasteiger partial charge in [-0.1, -0.05) is 54.1 Å². The molecule has 3 rings (SSSR count). The van der Waals surface area contributed by atoms with E-state index in [0.717, 1.165) is 50.5 Å². The predicted molar refractivity (Wildman–Crippen MR) is 109 cm³/mol. The van der Waals surface area contributed by atoms with Crippen LogP contribution in [0.5, 0.6) is 0 Å². The first kappa shape index (κ1) is 19.9. The molecule has 1 saturated heterocycles. The lowest BCUT2D eigenvalue weighted by Gasteiger charge is -2.35. The van der Waals surface area contributed by atoms with E-state index >= 15 is 0 Å². The summed E-state index contributed by atoms with van der Waals surface area (Å²) in [6.45, 7) is 5.02. The minimum absolute atomic E-state index is 0.0175. The number of ether oxygens (including phenoxy) is 1. The van der Waals surface area contributed by atoms with Crippen LogP contribution in [0.1, 0.15) is 23.5 Å². The van der Waals surface area contributed by atoms with E-state index in [1.165, 1.54) is 0 Å². The van der Waals surface area contributed by atoms with Crippen LogP contribution in [0.3, 0.4) is 0 Å². The molecule has 0 aromatic heterocycles. The quantitative estimate of drug-likeness (QED) is 0.728. The predicted octanol–water partition coefficient (Wildman–Crippen LogP) is 3.65. The third-order valence-corrected chi connectivity index (χ3v) is 5.40. The highest BCUT2D eigenvalue weighted by molar-refractivity contribution is 6.30. The summed E-state index contributed by atoms with van der Waals surface area (Å²) in [5, 5.41) is 0.702. The Morgan fingerprint density at radius 1 is 1.04 bits per heavy atom. The molecule has 1 amide bonds. The molecule has 4 nitrogen and oxygen atoms in total. The summed E-state index contributed by atoms with van der Waals surface area (Å²) in [4.78, 5) is 17.3. The van der Waals surface area contributed by atoms with Gasteiger partial charge in [0, 0.05) is 57.2 Å². The maximum absolute atomic E-state index is 13.0. The summed E-state index contributed by atoms with van der Waals surface area (Å²) in [5.41, 5.74) is 2.23. The maximum Gasteiger partial charge on any atom is 0.223 e. The van der Waals surface area contributed by atoms with Crippen LogP contribution < -0.4 is 0 Å². The molecule has 0 bridgehead atoms. The van der Waals surface area contributed by atoms with Crippen molar-refractivity contribution < 1.29 is 9.53 Å². The topological polar surface area (TPSA) is 32.8 Å². The van der Waals surface area contributed by atoms with Gasteiger partial charge in [-0.05, 0) is 23.3 Å². The van der Waals surface area contributed by atoms with Crippen LogP contribution in [0.25, 0.3) is 0 Å². The lowest BCUT2D eigenvalue weighted by Crippen LogP contribution is -2.49. The highest BCUT2D eigenvalue weighted by atomic mass is 35.5. The molecule has 1 atom stereocenters. The maximum atomic E-state index is 13.0. The molecule has 2 aromatic carbocycles. The third-order valence-electron chi connectivity index (χ3n) is 5.17. The summed E-state index contributed by atoms with van der Waals surface area (Å²) in [7, 11) is 1.72. The zero-order chi connectivity index (χ0) is 19.1. The summed E-state index contributed by atoms with van der Waals surface area (Å²) < 4.78 is 5.15. The van der Waals surface area contributed by atoms with Crippen molar-refractivity contribution in [3.8, 4) is 0 Å². The number of hydrogen-bond acceptors (Lipinski definition) is 3. The van der Waals surface area contributed by atoms with E-state index in [-0.39, 0.29) is 11.8 Å². The second kappa shape index (κ2) is 9.88. The summed E-state index contributed by atoms with van der Waals surface area (Å²) in [6, 6.07) is 18.1. The van der Waals surface area contributed by atoms with Crippen molar-refractivity contribution in [2.75, 3.05) is 46.4 Å². The number of hydrogen-bond donors (Lipinski definition) is 0. The molecule has 0 radical (unpaired) electrons. The Bertz CT molecular complexity index is 730. The number of rotatable bonds is 7. The highest BCUT2D eigenvalue weighted by Gasteiger charge is 2.25. The molecule has 2 aromatic rings. The molecular weight excluding hydrogens is 360 g/mol. The molecule has 0 spiro atoms. The molecule has 1 fully saturated rings. The Balaban J connectivity index is 1.69. The average Bonchev–Trinajstić information content (AvgIpc) is 2.71. The Labute approximate surface area is 166 Å². The average molecular weight is 387 g/mol. The van der Waals surface area contributed by atoms with E-state index in [0.29, 0.717) is 11.4 Å². The van der Waals surface area contributed by atoms with Crippen LogP contribution in [0.15, 0.2) is 54.6 Å². The van der Waals surface area contributed by atoms with Gasteiger partial charge >= 0.3 is 0 Å². The minimum Gasteiger partial charge on any atom is -0.383 e. The standard InChI is InChI=1S/C22H27ClN2O2/c1-27-15-14-24-10-12-25(13-11-24)22(26)17-21(18-6-3-2-4-7-18)19-8-5-9-20(23)16-19/h2-9,16,21H,10-15,17H2,1H3. The van der Waals surface area contributed by atoms with Gasteiger partial charge in [0.1, 0.15) is 0 Å². The first-order valence-electron chi connectivity index (χ1n) is 9.47. The van der Waals surface area contributed by atoms with E-state index in [4.69, 9.17) is 16.3 Å². The van der Waals surface area contributed by atoms with Gasteiger partial charge in [-0.3, -0.25) is 9.69 Å². The van der Waals surface area contributed by atoms with E-state index in [9.17, 15) is 4.79 Å². The van der Waals surface area contributed by atoms with Crippen LogP contribution in [-0.2, 0) is 9.53 Å². The number of nitrogens with zero attached hydrogens (tertiary/aromatic N) is 2. The third kappa shape index (κ3) is 5.55. The molecule has 1 unspecified atom stereocenters. The van der Waals surface area contributed by atoms with Crippen LogP contribution in [-0.4, -0.2) is 62.1 Å². The van der Waals surface area contributed by atoms with Crippen molar-refractivity contribution in [1.29, 1.82) is 0 Å². The van der Waals surface area contributed by atoms with Crippen molar-refractivity contribution in [2.45, 2.75) is 12.3 Å². The Hall–Kier alpha value is -1.88. The van der Waals surface area contributed by atoms with E-state index in [2.05, 4.69) is 23.1 Å². The Morgan fingerprint density at radius 2 is 1.74 bits per heavy atom. The minimum atomic E-state index is 0.0175. The van der Waals surface area contributed by atoms with Gasteiger partial charge in [-0.25, -0.2) is 0 Å². The zero-order valence-corrected chi connectivity index (χ0v) is 16.6. The number of carbonyl (C=O) groups excluding carboxylic acids is 1. The molecular formula is C22H27ClN2O2. The smallest absolute Gasteiger partial charge is 0.223 e. The van der Waals surface area contributed by atoms with Gasteiger partial charge in [0.2, 0.25) is 5.91 Å². The van der Waals surface area contributed by atoms with Gasteiger partial charge in [0.15, 0.2) is 0 Å². The summed E-state index contributed by atoms with van der Waals surface area (Å²) in [5.74, 6) is 0.221. The molecule has 144 valence electrons. The van der Waals surface area contributed by atoms with Gasteiger partial charge in [0.25, 0.3) is 0 Å². The molecule has 1 aliphatic heterocycles. The van der Waals surface area contributed by atoms with Crippen molar-refractivity contribution in [3.05, 3.63) is 70.7 Å². The molecule has 5 heteroatoms. The van der Waals surface area contributed by atoms with Crippen LogP contribution >= 0.6 is 11.6 Å². The highest BCUT2D eigenvalue weighted by Crippen LogP contribution is 2.30. The van der Waals surface area contributed by atoms with E-state index in [1.807, 2.05) is 41.3 Å². The number of methoxy groups -OCH3 is 1. The normalized spacial score (nSPS) is 16.3. The number of amides is 1. The Morgan fingerprint density at radius 3 is 2.41 bits per heavy atom. The summed E-state index contributed by atoms with van der Waals surface area (Å²) in [6.07, 6.45) is 0.461. The largest absolute Gasteiger partial charge is 0.383 e. The van der Waals surface area contributed by atoms with Gasteiger partial charge in [-0.15, -0.1) is 0 Å². The molecule has 1 heterocycles. The monoisotopic (exact) mass is 386 g/mol. The number of piperazine rings is 1. The molecule has 1 aliphatic rings. The lowest BCUT2D eigenvalue weighted by atomic mass is 9.88. The number of halogens is 1. The fraction of sp³-hybridized carbons (Fsp3) is 0.409. The van der Waals surface area contributed by atoms with E-state index < -0.39 is 0 Å². The molecule has 0 N–H and O–H groups in total.